The Morgan fingerprint density at radius 3 is 2.71 bits per heavy atom. The molecule has 0 spiro atoms. The largest absolute Gasteiger partial charge is 0.383 e. The van der Waals surface area contributed by atoms with E-state index in [0.717, 1.165) is 11.3 Å². The van der Waals surface area contributed by atoms with Gasteiger partial charge in [-0.05, 0) is 24.6 Å². The van der Waals surface area contributed by atoms with Crippen LogP contribution in [0.2, 0.25) is 10.0 Å². The monoisotopic (exact) mass is 228 g/mol. The minimum Gasteiger partial charge on any atom is -0.383 e. The molecule has 0 unspecified atom stereocenters. The lowest BCUT2D eigenvalue weighted by Crippen LogP contribution is -2.01. The van der Waals surface area contributed by atoms with E-state index in [2.05, 4.69) is 5.32 Å². The zero-order chi connectivity index (χ0) is 10.6. The van der Waals surface area contributed by atoms with Crippen molar-refractivity contribution in [3.63, 3.8) is 0 Å². The highest BCUT2D eigenvalue weighted by molar-refractivity contribution is 6.35. The molecule has 0 heterocycles. The summed E-state index contributed by atoms with van der Waals surface area (Å²) in [4.78, 5) is 0. The summed E-state index contributed by atoms with van der Waals surface area (Å²) >= 11 is 11.9. The number of halogens is 2. The summed E-state index contributed by atoms with van der Waals surface area (Å²) < 4.78 is 0. The molecule has 1 rings (SSSR count). The van der Waals surface area contributed by atoms with Crippen LogP contribution in [0.3, 0.4) is 0 Å². The molecule has 0 radical (unpaired) electrons. The number of hydrogen-bond donors (Lipinski definition) is 1. The zero-order valence-electron chi connectivity index (χ0n) is 7.77. The third-order valence-electron chi connectivity index (χ3n) is 1.80. The molecule has 0 amide bonds. The smallest absolute Gasteiger partial charge is 0.0641 e. The summed E-state index contributed by atoms with van der Waals surface area (Å²) in [5, 5.41) is 12.7. The number of hydrogen-bond acceptors (Lipinski definition) is 2. The maximum atomic E-state index is 8.36. The first kappa shape index (κ1) is 11.2. The third-order valence-corrected chi connectivity index (χ3v) is 2.52. The summed E-state index contributed by atoms with van der Waals surface area (Å²) in [6, 6.07) is 5.62. The number of nitriles is 1. The number of rotatable bonds is 3. The Kier molecular flexibility index (Phi) is 4.06. The van der Waals surface area contributed by atoms with Crippen LogP contribution in [0.15, 0.2) is 12.1 Å². The molecule has 0 aliphatic rings. The highest BCUT2D eigenvalue weighted by Crippen LogP contribution is 2.28. The fraction of sp³-hybridized carbons (Fsp3) is 0.300. The minimum atomic E-state index is 0.446. The second kappa shape index (κ2) is 5.09. The predicted octanol–water partition coefficient (Wildman–Crippen LogP) is 3.63. The van der Waals surface area contributed by atoms with Gasteiger partial charge in [0.25, 0.3) is 0 Å². The van der Waals surface area contributed by atoms with Gasteiger partial charge in [-0.2, -0.15) is 5.26 Å². The van der Waals surface area contributed by atoms with Gasteiger partial charge < -0.3 is 5.32 Å². The van der Waals surface area contributed by atoms with Crippen molar-refractivity contribution in [2.75, 3.05) is 11.9 Å². The molecule has 0 atom stereocenters. The Hall–Kier alpha value is -0.910. The van der Waals surface area contributed by atoms with E-state index in [1.165, 1.54) is 0 Å². The lowest BCUT2D eigenvalue weighted by molar-refractivity contribution is 1.07. The van der Waals surface area contributed by atoms with Crippen LogP contribution in [0.1, 0.15) is 12.0 Å². The quantitative estimate of drug-likeness (QED) is 0.803. The van der Waals surface area contributed by atoms with Gasteiger partial charge in [-0.15, -0.1) is 0 Å². The van der Waals surface area contributed by atoms with Crippen LogP contribution in [0.25, 0.3) is 0 Å². The van der Waals surface area contributed by atoms with E-state index in [0.29, 0.717) is 23.0 Å². The van der Waals surface area contributed by atoms with Gasteiger partial charge in [0.1, 0.15) is 0 Å². The summed E-state index contributed by atoms with van der Waals surface area (Å²) in [6.07, 6.45) is 0.446. The van der Waals surface area contributed by atoms with Crippen molar-refractivity contribution >= 4 is 28.9 Å². The highest BCUT2D eigenvalue weighted by Gasteiger charge is 2.03. The lowest BCUT2D eigenvalue weighted by Gasteiger charge is -2.08. The number of benzene rings is 1. The number of nitrogens with zero attached hydrogens (tertiary/aromatic N) is 1. The summed E-state index contributed by atoms with van der Waals surface area (Å²) in [5.41, 5.74) is 1.72. The van der Waals surface area contributed by atoms with Crippen LogP contribution in [0.5, 0.6) is 0 Å². The highest BCUT2D eigenvalue weighted by atomic mass is 35.5. The van der Waals surface area contributed by atoms with Crippen LogP contribution in [-0.2, 0) is 0 Å². The summed E-state index contributed by atoms with van der Waals surface area (Å²) in [7, 11) is 0. The Labute approximate surface area is 93.4 Å². The topological polar surface area (TPSA) is 35.8 Å². The van der Waals surface area contributed by atoms with Gasteiger partial charge in [0.05, 0.1) is 23.2 Å². The van der Waals surface area contributed by atoms with Crippen molar-refractivity contribution < 1.29 is 0 Å². The Balaban J connectivity index is 2.78. The van der Waals surface area contributed by atoms with Gasteiger partial charge in [-0.3, -0.25) is 0 Å². The molecule has 1 aromatic carbocycles. The normalized spacial score (nSPS) is 9.57. The Bertz CT molecular complexity index is 369. The maximum absolute atomic E-state index is 8.36. The van der Waals surface area contributed by atoms with Crippen molar-refractivity contribution in [3.8, 4) is 6.07 Å². The average Bonchev–Trinajstić information content (AvgIpc) is 2.14. The molecule has 0 aromatic heterocycles. The first-order valence-corrected chi connectivity index (χ1v) is 4.97. The molecule has 0 bridgehead atoms. The molecule has 1 aromatic rings. The van der Waals surface area contributed by atoms with E-state index in [1.54, 1.807) is 12.1 Å². The van der Waals surface area contributed by atoms with Crippen LogP contribution in [-0.4, -0.2) is 6.54 Å². The van der Waals surface area contributed by atoms with Crippen LogP contribution >= 0.6 is 23.2 Å². The van der Waals surface area contributed by atoms with Crippen molar-refractivity contribution in [2.45, 2.75) is 13.3 Å². The second-order valence-electron chi connectivity index (χ2n) is 2.92. The molecule has 4 heteroatoms. The molecule has 1 N–H and O–H groups in total. The molecular weight excluding hydrogens is 219 g/mol. The standard InChI is InChI=1S/C10H10Cl2N2/c1-7-5-9(12)10(6-8(7)11)14-4-2-3-13/h5-6,14H,2,4H2,1H3. The molecule has 0 aliphatic carbocycles. The fourth-order valence-electron chi connectivity index (χ4n) is 1.03. The second-order valence-corrected chi connectivity index (χ2v) is 3.73. The maximum Gasteiger partial charge on any atom is 0.0641 e. The van der Waals surface area contributed by atoms with Gasteiger partial charge in [0.15, 0.2) is 0 Å². The van der Waals surface area contributed by atoms with Crippen molar-refractivity contribution in [2.24, 2.45) is 0 Å². The van der Waals surface area contributed by atoms with Gasteiger partial charge in [0.2, 0.25) is 0 Å². The number of aryl methyl sites for hydroxylation is 1. The zero-order valence-corrected chi connectivity index (χ0v) is 9.28. The molecule has 74 valence electrons. The molecule has 0 aliphatic heterocycles. The van der Waals surface area contributed by atoms with Gasteiger partial charge in [-0.25, -0.2) is 0 Å². The Morgan fingerprint density at radius 1 is 1.36 bits per heavy atom. The summed E-state index contributed by atoms with van der Waals surface area (Å²) in [6.45, 7) is 2.48. The van der Waals surface area contributed by atoms with E-state index >= 15 is 0 Å². The van der Waals surface area contributed by atoms with E-state index in [9.17, 15) is 0 Å². The number of nitrogens with one attached hydrogen (secondary N) is 1. The van der Waals surface area contributed by atoms with E-state index in [-0.39, 0.29) is 0 Å². The molecule has 0 saturated heterocycles. The SMILES string of the molecule is Cc1cc(Cl)c(NCCC#N)cc1Cl. The van der Waals surface area contributed by atoms with Crippen molar-refractivity contribution in [1.82, 2.24) is 0 Å². The molecule has 14 heavy (non-hydrogen) atoms. The van der Waals surface area contributed by atoms with Crippen molar-refractivity contribution in [1.29, 1.82) is 5.26 Å². The van der Waals surface area contributed by atoms with Gasteiger partial charge in [0, 0.05) is 11.6 Å². The fourth-order valence-corrected chi connectivity index (χ4v) is 1.48. The molecule has 0 fully saturated rings. The average molecular weight is 229 g/mol. The molecule has 0 saturated carbocycles. The van der Waals surface area contributed by atoms with Gasteiger partial charge in [-0.1, -0.05) is 23.2 Å². The lowest BCUT2D eigenvalue weighted by atomic mass is 10.2. The predicted molar refractivity (Wildman–Crippen MR) is 59.9 cm³/mol. The molecule has 2 nitrogen and oxygen atoms in total. The first-order chi connectivity index (χ1) is 6.65. The minimum absolute atomic E-state index is 0.446. The third kappa shape index (κ3) is 2.80. The first-order valence-electron chi connectivity index (χ1n) is 4.21. The van der Waals surface area contributed by atoms with E-state index in [4.69, 9.17) is 28.5 Å². The van der Waals surface area contributed by atoms with Crippen LogP contribution < -0.4 is 5.32 Å². The molecular formula is C10H10Cl2N2. The van der Waals surface area contributed by atoms with E-state index in [1.807, 2.05) is 13.0 Å². The summed E-state index contributed by atoms with van der Waals surface area (Å²) in [5.74, 6) is 0. The van der Waals surface area contributed by atoms with Gasteiger partial charge >= 0.3 is 0 Å². The van der Waals surface area contributed by atoms with Crippen molar-refractivity contribution in [3.05, 3.63) is 27.7 Å². The van der Waals surface area contributed by atoms with E-state index < -0.39 is 0 Å². The van der Waals surface area contributed by atoms with Crippen LogP contribution in [0, 0.1) is 18.3 Å². The van der Waals surface area contributed by atoms with Crippen LogP contribution in [0.4, 0.5) is 5.69 Å². The number of anilines is 1. The Morgan fingerprint density at radius 2 is 2.07 bits per heavy atom.